The van der Waals surface area contributed by atoms with Crippen molar-refractivity contribution in [2.75, 3.05) is 46.0 Å². The van der Waals surface area contributed by atoms with Crippen molar-refractivity contribution in [2.24, 2.45) is 0 Å². The Balaban J connectivity index is 1.49. The third-order valence-corrected chi connectivity index (χ3v) is 7.34. The summed E-state index contributed by atoms with van der Waals surface area (Å²) in [5, 5.41) is 0.925. The minimum Gasteiger partial charge on any atom is -0.489 e. The number of nitrogens with one attached hydrogen (secondary N) is 1. The van der Waals surface area contributed by atoms with Crippen LogP contribution < -0.4 is 4.74 Å². The van der Waals surface area contributed by atoms with Crippen LogP contribution in [-0.2, 0) is 19.7 Å². The Hall–Kier alpha value is -3.76. The van der Waals surface area contributed by atoms with Gasteiger partial charge in [0.05, 0.1) is 30.6 Å². The predicted octanol–water partition coefficient (Wildman–Crippen LogP) is 4.88. The summed E-state index contributed by atoms with van der Waals surface area (Å²) >= 11 is 0. The number of ether oxygens (including phenoxy) is 3. The van der Waals surface area contributed by atoms with Gasteiger partial charge in [-0.05, 0) is 37.6 Å². The molecule has 1 fully saturated rings. The molecule has 0 saturated carbocycles. The van der Waals surface area contributed by atoms with Gasteiger partial charge in [-0.3, -0.25) is 9.69 Å². The van der Waals surface area contributed by atoms with Crippen LogP contribution in [0.25, 0.3) is 16.5 Å². The van der Waals surface area contributed by atoms with Crippen LogP contribution in [0.5, 0.6) is 5.75 Å². The van der Waals surface area contributed by atoms with E-state index < -0.39 is 28.9 Å². The minimum atomic E-state index is -1.19. The first-order chi connectivity index (χ1) is 19.5. The second-order valence-corrected chi connectivity index (χ2v) is 11.3. The van der Waals surface area contributed by atoms with Gasteiger partial charge < -0.3 is 24.1 Å². The number of aromatic amines is 1. The van der Waals surface area contributed by atoms with E-state index in [1.807, 2.05) is 38.1 Å². The van der Waals surface area contributed by atoms with Gasteiger partial charge in [0.2, 0.25) is 5.82 Å². The number of carbonyl (C=O) groups is 2. The van der Waals surface area contributed by atoms with Crippen molar-refractivity contribution in [1.82, 2.24) is 14.8 Å². The zero-order valence-corrected chi connectivity index (χ0v) is 23.8. The highest BCUT2D eigenvalue weighted by molar-refractivity contribution is 6.18. The van der Waals surface area contributed by atoms with E-state index in [0.717, 1.165) is 35.6 Å². The summed E-state index contributed by atoms with van der Waals surface area (Å²) in [6.07, 6.45) is 1.05. The van der Waals surface area contributed by atoms with Crippen LogP contribution >= 0.6 is 0 Å². The third-order valence-electron chi connectivity index (χ3n) is 7.34. The van der Waals surface area contributed by atoms with Gasteiger partial charge in [0.25, 0.3) is 5.91 Å². The van der Waals surface area contributed by atoms with Gasteiger partial charge in [0.1, 0.15) is 6.61 Å². The van der Waals surface area contributed by atoms with Crippen LogP contribution in [0.2, 0.25) is 0 Å². The molecule has 0 unspecified atom stereocenters. The van der Waals surface area contributed by atoms with E-state index >= 15 is 0 Å². The Labute approximate surface area is 237 Å². The number of para-hydroxylation sites is 1. The number of hydrogen-bond acceptors (Lipinski definition) is 6. The summed E-state index contributed by atoms with van der Waals surface area (Å²) in [5.74, 6) is -3.88. The zero-order chi connectivity index (χ0) is 29.3. The van der Waals surface area contributed by atoms with E-state index in [1.165, 1.54) is 17.2 Å². The number of morpholine rings is 1. The van der Waals surface area contributed by atoms with Crippen LogP contribution in [-0.4, -0.2) is 78.8 Å². The fourth-order valence-electron chi connectivity index (χ4n) is 5.45. The lowest BCUT2D eigenvalue weighted by atomic mass is 9.81. The highest BCUT2D eigenvalue weighted by Gasteiger charge is 2.38. The van der Waals surface area contributed by atoms with Crippen molar-refractivity contribution in [3.63, 3.8) is 0 Å². The number of hydrogen-bond donors (Lipinski definition) is 1. The van der Waals surface area contributed by atoms with Gasteiger partial charge in [-0.2, -0.15) is 4.39 Å². The first kappa shape index (κ1) is 28.8. The molecule has 0 bridgehead atoms. The number of esters is 1. The van der Waals surface area contributed by atoms with Crippen molar-refractivity contribution in [3.05, 3.63) is 71.1 Å². The minimum absolute atomic E-state index is 0.0932. The SMILES string of the molecule is CC(C)OC(=O)C1=CN(C(=O)c2cc(F)c(F)c(OCCN3CCOCC3)c2)CC(C)(C)c2c1[nH]c1ccccc21. The second-order valence-electron chi connectivity index (χ2n) is 11.3. The van der Waals surface area contributed by atoms with Crippen LogP contribution in [0, 0.1) is 11.6 Å². The molecule has 1 saturated heterocycles. The van der Waals surface area contributed by atoms with Crippen LogP contribution in [0.1, 0.15) is 49.3 Å². The number of amides is 1. The van der Waals surface area contributed by atoms with E-state index in [9.17, 15) is 18.4 Å². The number of halogens is 2. The molecule has 0 atom stereocenters. The molecular weight excluding hydrogens is 532 g/mol. The molecule has 2 aromatic carbocycles. The maximum absolute atomic E-state index is 14.7. The number of H-pyrrole nitrogens is 1. The van der Waals surface area contributed by atoms with E-state index in [0.29, 0.717) is 25.5 Å². The maximum Gasteiger partial charge on any atom is 0.342 e. The van der Waals surface area contributed by atoms with Gasteiger partial charge in [-0.25, -0.2) is 9.18 Å². The van der Waals surface area contributed by atoms with E-state index in [-0.39, 0.29) is 36.1 Å². The zero-order valence-electron chi connectivity index (χ0n) is 23.8. The van der Waals surface area contributed by atoms with E-state index in [2.05, 4.69) is 9.88 Å². The topological polar surface area (TPSA) is 84.1 Å². The average molecular weight is 568 g/mol. The number of fused-ring (bicyclic) bond motifs is 3. The monoisotopic (exact) mass is 567 g/mol. The fourth-order valence-corrected chi connectivity index (χ4v) is 5.45. The van der Waals surface area contributed by atoms with Crippen molar-refractivity contribution in [3.8, 4) is 5.75 Å². The second kappa shape index (κ2) is 11.6. The van der Waals surface area contributed by atoms with Crippen molar-refractivity contribution < 1.29 is 32.6 Å². The van der Waals surface area contributed by atoms with Crippen LogP contribution in [0.4, 0.5) is 8.78 Å². The lowest BCUT2D eigenvalue weighted by molar-refractivity contribution is -0.140. The number of carbonyl (C=O) groups excluding carboxylic acids is 2. The normalized spacial score (nSPS) is 17.2. The summed E-state index contributed by atoms with van der Waals surface area (Å²) in [7, 11) is 0. The summed E-state index contributed by atoms with van der Waals surface area (Å²) in [6.45, 7) is 10.9. The Kier molecular flexibility index (Phi) is 8.15. The molecule has 3 heterocycles. The lowest BCUT2D eigenvalue weighted by Crippen LogP contribution is -2.38. The van der Waals surface area contributed by atoms with Crippen molar-refractivity contribution in [2.45, 2.75) is 39.2 Å². The standard InChI is InChI=1S/C31H35F2N3O5/c1-19(2)41-30(38)22-17-36(18-31(3,4)26-21-7-5-6-8-24(21)34-28(22)26)29(37)20-15-23(32)27(33)25(16-20)40-14-11-35-9-12-39-13-10-35/h5-8,15-17,19,34H,9-14,18H2,1-4H3. The average Bonchev–Trinajstić information content (AvgIpc) is 3.28. The molecule has 1 aromatic heterocycles. The van der Waals surface area contributed by atoms with E-state index in [4.69, 9.17) is 14.2 Å². The molecule has 1 amide bonds. The predicted molar refractivity (Wildman–Crippen MR) is 151 cm³/mol. The maximum atomic E-state index is 14.7. The van der Waals surface area contributed by atoms with Gasteiger partial charge >= 0.3 is 5.97 Å². The molecule has 3 aromatic rings. The number of rotatable bonds is 7. The Morgan fingerprint density at radius 2 is 1.85 bits per heavy atom. The highest BCUT2D eigenvalue weighted by Crippen LogP contribution is 2.40. The largest absolute Gasteiger partial charge is 0.489 e. The lowest BCUT2D eigenvalue weighted by Gasteiger charge is -2.30. The molecular formula is C31H35F2N3O5. The van der Waals surface area contributed by atoms with Crippen LogP contribution in [0.15, 0.2) is 42.6 Å². The van der Waals surface area contributed by atoms with E-state index in [1.54, 1.807) is 13.8 Å². The number of aromatic nitrogens is 1. The number of nitrogens with zero attached hydrogens (tertiary/aromatic N) is 2. The molecule has 41 heavy (non-hydrogen) atoms. The Bertz CT molecular complexity index is 1490. The fraction of sp³-hybridized carbons (Fsp3) is 0.419. The molecule has 0 radical (unpaired) electrons. The van der Waals surface area contributed by atoms with Crippen molar-refractivity contribution >= 4 is 28.4 Å². The summed E-state index contributed by atoms with van der Waals surface area (Å²) < 4.78 is 45.9. The smallest absolute Gasteiger partial charge is 0.342 e. The van der Waals surface area contributed by atoms with Gasteiger partial charge in [0, 0.05) is 54.3 Å². The summed E-state index contributed by atoms with van der Waals surface area (Å²) in [4.78, 5) is 34.0. The molecule has 218 valence electrons. The Morgan fingerprint density at radius 3 is 2.59 bits per heavy atom. The highest BCUT2D eigenvalue weighted by atomic mass is 19.2. The van der Waals surface area contributed by atoms with Gasteiger partial charge in [-0.15, -0.1) is 0 Å². The molecule has 1 N–H and O–H groups in total. The summed E-state index contributed by atoms with van der Waals surface area (Å²) in [5.41, 5.74) is 1.74. The van der Waals surface area contributed by atoms with Gasteiger partial charge in [-0.1, -0.05) is 32.0 Å². The Morgan fingerprint density at radius 1 is 1.12 bits per heavy atom. The quantitative estimate of drug-likeness (QED) is 0.410. The third kappa shape index (κ3) is 5.99. The van der Waals surface area contributed by atoms with Crippen molar-refractivity contribution in [1.29, 1.82) is 0 Å². The first-order valence-electron chi connectivity index (χ1n) is 13.8. The molecule has 0 aliphatic carbocycles. The van der Waals surface area contributed by atoms with Crippen LogP contribution in [0.3, 0.4) is 0 Å². The molecule has 0 spiro atoms. The molecule has 10 heteroatoms. The van der Waals surface area contributed by atoms with Gasteiger partial charge in [0.15, 0.2) is 11.6 Å². The summed E-state index contributed by atoms with van der Waals surface area (Å²) in [6, 6.07) is 9.78. The molecule has 2 aliphatic rings. The molecule has 5 rings (SSSR count). The first-order valence-corrected chi connectivity index (χ1v) is 13.8. The molecule has 2 aliphatic heterocycles. The molecule has 8 nitrogen and oxygen atoms in total. The number of benzene rings is 2.